The Labute approximate surface area is 131 Å². The van der Waals surface area contributed by atoms with Crippen molar-refractivity contribution in [3.05, 3.63) is 20.8 Å². The van der Waals surface area contributed by atoms with Crippen LogP contribution in [0.5, 0.6) is 0 Å². The van der Waals surface area contributed by atoms with Crippen molar-refractivity contribution in [3.63, 3.8) is 0 Å². The van der Waals surface area contributed by atoms with E-state index < -0.39 is 12.1 Å². The molecule has 4 nitrogen and oxygen atoms in total. The highest BCUT2D eigenvalue weighted by Gasteiger charge is 2.40. The molecule has 3 atom stereocenters. The highest BCUT2D eigenvalue weighted by molar-refractivity contribution is 9.10. The first-order valence-electron chi connectivity index (χ1n) is 6.77. The molecule has 1 fully saturated rings. The Morgan fingerprint density at radius 2 is 2.20 bits per heavy atom. The third kappa shape index (κ3) is 3.06. The van der Waals surface area contributed by atoms with Crippen LogP contribution in [0, 0.1) is 5.92 Å². The third-order valence-electron chi connectivity index (χ3n) is 3.85. The number of rotatable bonds is 4. The second kappa shape index (κ2) is 6.26. The molecule has 0 aromatic carbocycles. The molecule has 2 heterocycles. The van der Waals surface area contributed by atoms with E-state index in [-0.39, 0.29) is 17.7 Å². The second-order valence-electron chi connectivity index (χ2n) is 5.25. The average Bonchev–Trinajstić information content (AvgIpc) is 2.83. The molecule has 0 spiro atoms. The molecule has 2 rings (SSSR count). The van der Waals surface area contributed by atoms with Crippen molar-refractivity contribution in [2.24, 2.45) is 5.92 Å². The lowest BCUT2D eigenvalue weighted by Gasteiger charge is -2.39. The van der Waals surface area contributed by atoms with Gasteiger partial charge in [-0.2, -0.15) is 0 Å². The number of piperazine rings is 1. The molecule has 1 N–H and O–H groups in total. The zero-order valence-electron chi connectivity index (χ0n) is 11.9. The van der Waals surface area contributed by atoms with Gasteiger partial charge in [-0.05, 0) is 34.8 Å². The van der Waals surface area contributed by atoms with Gasteiger partial charge in [0.05, 0.1) is 6.54 Å². The van der Waals surface area contributed by atoms with Crippen LogP contribution in [0.1, 0.15) is 32.1 Å². The van der Waals surface area contributed by atoms with E-state index in [4.69, 9.17) is 0 Å². The summed E-state index contributed by atoms with van der Waals surface area (Å²) in [6.45, 7) is 6.31. The number of halogens is 1. The van der Waals surface area contributed by atoms with E-state index in [1.54, 1.807) is 23.2 Å². The first kappa shape index (κ1) is 15.5. The number of nitrogens with zero attached hydrogens (tertiary/aromatic N) is 1. The highest BCUT2D eigenvalue weighted by Crippen LogP contribution is 2.25. The van der Waals surface area contributed by atoms with Gasteiger partial charge < -0.3 is 10.2 Å². The first-order chi connectivity index (χ1) is 9.43. The van der Waals surface area contributed by atoms with Crippen molar-refractivity contribution in [1.29, 1.82) is 0 Å². The number of carbonyl (C=O) groups is 2. The lowest BCUT2D eigenvalue weighted by Crippen LogP contribution is -2.63. The van der Waals surface area contributed by atoms with Crippen LogP contribution in [0.4, 0.5) is 0 Å². The lowest BCUT2D eigenvalue weighted by atomic mass is 9.94. The van der Waals surface area contributed by atoms with Crippen LogP contribution in [-0.4, -0.2) is 28.8 Å². The van der Waals surface area contributed by atoms with Gasteiger partial charge in [-0.25, -0.2) is 0 Å². The topological polar surface area (TPSA) is 49.4 Å². The molecule has 20 heavy (non-hydrogen) atoms. The average molecular weight is 359 g/mol. The molecule has 3 unspecified atom stereocenters. The molecule has 1 saturated heterocycles. The summed E-state index contributed by atoms with van der Waals surface area (Å²) >= 11 is 5.00. The minimum atomic E-state index is -0.413. The van der Waals surface area contributed by atoms with Crippen molar-refractivity contribution < 1.29 is 9.59 Å². The monoisotopic (exact) mass is 358 g/mol. The van der Waals surface area contributed by atoms with E-state index in [9.17, 15) is 9.59 Å². The van der Waals surface area contributed by atoms with Crippen LogP contribution in [0.2, 0.25) is 0 Å². The fourth-order valence-corrected chi connectivity index (χ4v) is 3.74. The minimum absolute atomic E-state index is 0.0240. The maximum atomic E-state index is 12.6. The largest absolute Gasteiger partial charge is 0.342 e. The summed E-state index contributed by atoms with van der Waals surface area (Å²) in [4.78, 5) is 27.4. The van der Waals surface area contributed by atoms with Gasteiger partial charge in [0.1, 0.15) is 12.1 Å². The van der Waals surface area contributed by atoms with Gasteiger partial charge in [0.25, 0.3) is 0 Å². The summed E-state index contributed by atoms with van der Waals surface area (Å²) in [5.41, 5.74) is 0. The maximum absolute atomic E-state index is 12.6. The molecule has 1 aromatic rings. The molecule has 0 radical (unpaired) electrons. The lowest BCUT2D eigenvalue weighted by molar-refractivity contribution is -0.150. The zero-order chi connectivity index (χ0) is 14.9. The maximum Gasteiger partial charge on any atom is 0.246 e. The SMILES string of the molecule is CCC(C)C1NC(=O)C(C)N(Cc2cc(Br)cs2)C1=O. The van der Waals surface area contributed by atoms with Gasteiger partial charge in [0, 0.05) is 14.7 Å². The molecule has 6 heteroatoms. The molecule has 110 valence electrons. The Kier molecular flexibility index (Phi) is 4.86. The van der Waals surface area contributed by atoms with Crippen LogP contribution in [0.15, 0.2) is 15.9 Å². The van der Waals surface area contributed by atoms with Gasteiger partial charge >= 0.3 is 0 Å². The van der Waals surface area contributed by atoms with Crippen molar-refractivity contribution in [3.8, 4) is 0 Å². The summed E-state index contributed by atoms with van der Waals surface area (Å²) in [5.74, 6) is 0.109. The van der Waals surface area contributed by atoms with E-state index in [1.807, 2.05) is 25.3 Å². The Morgan fingerprint density at radius 3 is 2.75 bits per heavy atom. The number of nitrogens with one attached hydrogen (secondary N) is 1. The molecule has 0 saturated carbocycles. The third-order valence-corrected chi connectivity index (χ3v) is 5.54. The number of hydrogen-bond donors (Lipinski definition) is 1. The van der Waals surface area contributed by atoms with E-state index in [1.165, 1.54) is 0 Å². The zero-order valence-corrected chi connectivity index (χ0v) is 14.3. The molecule has 1 aliphatic heterocycles. The summed E-state index contributed by atoms with van der Waals surface area (Å²) in [6.07, 6.45) is 0.865. The smallest absolute Gasteiger partial charge is 0.246 e. The van der Waals surface area contributed by atoms with Crippen LogP contribution >= 0.6 is 27.3 Å². The Bertz CT molecular complexity index is 517. The van der Waals surface area contributed by atoms with E-state index in [0.717, 1.165) is 15.8 Å². The van der Waals surface area contributed by atoms with Crippen molar-refractivity contribution in [2.45, 2.75) is 45.8 Å². The number of thiophene rings is 1. The Balaban J connectivity index is 2.19. The first-order valence-corrected chi connectivity index (χ1v) is 8.45. The van der Waals surface area contributed by atoms with E-state index in [0.29, 0.717) is 6.54 Å². The van der Waals surface area contributed by atoms with Gasteiger partial charge in [-0.3, -0.25) is 9.59 Å². The quantitative estimate of drug-likeness (QED) is 0.899. The van der Waals surface area contributed by atoms with Crippen molar-refractivity contribution in [1.82, 2.24) is 10.2 Å². The van der Waals surface area contributed by atoms with Crippen LogP contribution < -0.4 is 5.32 Å². The van der Waals surface area contributed by atoms with Gasteiger partial charge in [0.15, 0.2) is 0 Å². The Morgan fingerprint density at radius 1 is 1.50 bits per heavy atom. The molecule has 0 bridgehead atoms. The van der Waals surface area contributed by atoms with Crippen molar-refractivity contribution >= 4 is 39.1 Å². The molecule has 2 amide bonds. The Hall–Kier alpha value is -0.880. The molecule has 1 aromatic heterocycles. The van der Waals surface area contributed by atoms with Crippen LogP contribution in [-0.2, 0) is 16.1 Å². The summed E-state index contributed by atoms with van der Waals surface area (Å²) < 4.78 is 1.01. The minimum Gasteiger partial charge on any atom is -0.342 e. The van der Waals surface area contributed by atoms with E-state index >= 15 is 0 Å². The van der Waals surface area contributed by atoms with Crippen LogP contribution in [0.3, 0.4) is 0 Å². The predicted octanol–water partition coefficient (Wildman–Crippen LogP) is 2.77. The summed E-state index contributed by atoms with van der Waals surface area (Å²) in [7, 11) is 0. The van der Waals surface area contributed by atoms with Gasteiger partial charge in [-0.1, -0.05) is 20.3 Å². The normalized spacial score (nSPS) is 24.7. The van der Waals surface area contributed by atoms with Crippen molar-refractivity contribution in [2.75, 3.05) is 0 Å². The summed E-state index contributed by atoms with van der Waals surface area (Å²) in [6, 6.07) is 1.19. The molecular formula is C14H19BrN2O2S. The number of amides is 2. The summed E-state index contributed by atoms with van der Waals surface area (Å²) in [5, 5.41) is 4.84. The highest BCUT2D eigenvalue weighted by atomic mass is 79.9. The predicted molar refractivity (Wildman–Crippen MR) is 83.4 cm³/mol. The van der Waals surface area contributed by atoms with Crippen LogP contribution in [0.25, 0.3) is 0 Å². The van der Waals surface area contributed by atoms with Gasteiger partial charge in [0.2, 0.25) is 11.8 Å². The second-order valence-corrected chi connectivity index (χ2v) is 7.16. The fourth-order valence-electron chi connectivity index (χ4n) is 2.29. The molecule has 0 aliphatic carbocycles. The fraction of sp³-hybridized carbons (Fsp3) is 0.571. The molecular weight excluding hydrogens is 340 g/mol. The number of hydrogen-bond acceptors (Lipinski definition) is 3. The van der Waals surface area contributed by atoms with Gasteiger partial charge in [-0.15, -0.1) is 11.3 Å². The standard InChI is InChI=1S/C14H19BrN2O2S/c1-4-8(2)12-14(19)17(9(3)13(18)16-12)6-11-5-10(15)7-20-11/h5,7-9,12H,4,6H2,1-3H3,(H,16,18). The van der Waals surface area contributed by atoms with E-state index in [2.05, 4.69) is 21.2 Å². The number of carbonyl (C=O) groups excluding carboxylic acids is 2. The molecule has 1 aliphatic rings.